The van der Waals surface area contributed by atoms with E-state index >= 15 is 0 Å². The summed E-state index contributed by atoms with van der Waals surface area (Å²) in [5, 5.41) is 0. The van der Waals surface area contributed by atoms with Crippen LogP contribution in [-0.2, 0) is 11.3 Å². The van der Waals surface area contributed by atoms with E-state index in [2.05, 4.69) is 20.8 Å². The summed E-state index contributed by atoms with van der Waals surface area (Å²) in [6.07, 6.45) is 0.755. The highest BCUT2D eigenvalue weighted by Gasteiger charge is 2.09. The molecule has 0 saturated heterocycles. The summed E-state index contributed by atoms with van der Waals surface area (Å²) < 4.78 is 6.27. The summed E-state index contributed by atoms with van der Waals surface area (Å²) in [7, 11) is 1.66. The van der Waals surface area contributed by atoms with Gasteiger partial charge in [0, 0.05) is 12.0 Å². The average Bonchev–Trinajstić information content (AvgIpc) is 2.19. The molecule has 1 aromatic rings. The molecular weight excluding hydrogens is 246 g/mol. The van der Waals surface area contributed by atoms with Crippen LogP contribution in [0.2, 0.25) is 0 Å². The van der Waals surface area contributed by atoms with Gasteiger partial charge < -0.3 is 9.57 Å². The zero-order chi connectivity index (χ0) is 10.6. The third-order valence-electron chi connectivity index (χ3n) is 2.12. The van der Waals surface area contributed by atoms with Crippen molar-refractivity contribution in [3.8, 4) is 5.75 Å². The summed E-state index contributed by atoms with van der Waals surface area (Å²) in [4.78, 5) is 4.57. The Hall–Kier alpha value is -0.580. The molecule has 0 heterocycles. The first-order valence-electron chi connectivity index (χ1n) is 4.34. The molecule has 0 saturated carbocycles. The van der Waals surface area contributed by atoms with Crippen LogP contribution in [0, 0.1) is 6.92 Å². The van der Waals surface area contributed by atoms with Gasteiger partial charge in [-0.05, 0) is 34.5 Å². The summed E-state index contributed by atoms with van der Waals surface area (Å²) in [6.45, 7) is 2.54. The highest BCUT2D eigenvalue weighted by molar-refractivity contribution is 9.10. The van der Waals surface area contributed by atoms with E-state index < -0.39 is 0 Å². The third-order valence-corrected chi connectivity index (χ3v) is 2.75. The first-order chi connectivity index (χ1) is 6.70. The second-order valence-electron chi connectivity index (χ2n) is 3.00. The molecule has 78 valence electrons. The van der Waals surface area contributed by atoms with Crippen molar-refractivity contribution in [3.05, 3.63) is 27.7 Å². The van der Waals surface area contributed by atoms with Crippen LogP contribution >= 0.6 is 15.9 Å². The molecule has 1 rings (SSSR count). The van der Waals surface area contributed by atoms with Gasteiger partial charge in [0.25, 0.3) is 0 Å². The smallest absolute Gasteiger partial charge is 0.136 e. The second-order valence-corrected chi connectivity index (χ2v) is 3.85. The van der Waals surface area contributed by atoms with E-state index in [4.69, 9.17) is 10.6 Å². The van der Waals surface area contributed by atoms with Gasteiger partial charge in [-0.2, -0.15) is 0 Å². The standard InChI is InChI=1S/C10H14BrNO2/c1-7-3-4-9(11)10(13-2)8(7)5-6-14-12/h3-4H,5-6,12H2,1-2H3. The highest BCUT2D eigenvalue weighted by Crippen LogP contribution is 2.31. The van der Waals surface area contributed by atoms with Gasteiger partial charge in [0.05, 0.1) is 18.2 Å². The van der Waals surface area contributed by atoms with E-state index in [-0.39, 0.29) is 0 Å². The first kappa shape index (κ1) is 11.5. The Balaban J connectivity index is 3.03. The number of halogens is 1. The minimum atomic E-state index is 0.494. The van der Waals surface area contributed by atoms with Gasteiger partial charge in [0.2, 0.25) is 0 Å². The molecular formula is C10H14BrNO2. The van der Waals surface area contributed by atoms with Crippen LogP contribution in [0.1, 0.15) is 11.1 Å². The number of ether oxygens (including phenoxy) is 1. The molecule has 0 bridgehead atoms. The van der Waals surface area contributed by atoms with E-state index in [9.17, 15) is 0 Å². The quantitative estimate of drug-likeness (QED) is 0.844. The summed E-state index contributed by atoms with van der Waals surface area (Å²) in [6, 6.07) is 4.01. The zero-order valence-corrected chi connectivity index (χ0v) is 9.93. The SMILES string of the molecule is COc1c(Br)ccc(C)c1CCON. The maximum Gasteiger partial charge on any atom is 0.136 e. The minimum absolute atomic E-state index is 0.494. The van der Waals surface area contributed by atoms with Crippen molar-refractivity contribution in [1.29, 1.82) is 0 Å². The molecule has 3 nitrogen and oxygen atoms in total. The molecule has 4 heteroatoms. The Kier molecular flexibility index (Phi) is 4.38. The Morgan fingerprint density at radius 1 is 1.43 bits per heavy atom. The molecule has 0 aromatic heterocycles. The fourth-order valence-electron chi connectivity index (χ4n) is 1.39. The minimum Gasteiger partial charge on any atom is -0.495 e. The van der Waals surface area contributed by atoms with Crippen molar-refractivity contribution in [2.45, 2.75) is 13.3 Å². The molecule has 0 fully saturated rings. The van der Waals surface area contributed by atoms with E-state index in [1.54, 1.807) is 7.11 Å². The molecule has 0 aliphatic rings. The Morgan fingerprint density at radius 3 is 2.71 bits per heavy atom. The van der Waals surface area contributed by atoms with E-state index in [1.165, 1.54) is 5.56 Å². The highest BCUT2D eigenvalue weighted by atomic mass is 79.9. The number of hydrogen-bond acceptors (Lipinski definition) is 3. The number of benzene rings is 1. The topological polar surface area (TPSA) is 44.5 Å². The lowest BCUT2D eigenvalue weighted by Gasteiger charge is -2.12. The van der Waals surface area contributed by atoms with Gasteiger partial charge in [-0.15, -0.1) is 0 Å². The molecule has 0 aliphatic heterocycles. The van der Waals surface area contributed by atoms with Crippen molar-refractivity contribution < 1.29 is 9.57 Å². The predicted molar refractivity (Wildman–Crippen MR) is 59.3 cm³/mol. The molecule has 2 N–H and O–H groups in total. The molecule has 14 heavy (non-hydrogen) atoms. The largest absolute Gasteiger partial charge is 0.495 e. The number of aryl methyl sites for hydroxylation is 1. The molecule has 0 amide bonds. The van der Waals surface area contributed by atoms with Crippen LogP contribution in [0.4, 0.5) is 0 Å². The zero-order valence-electron chi connectivity index (χ0n) is 8.34. The van der Waals surface area contributed by atoms with Gasteiger partial charge in [0.15, 0.2) is 0 Å². The lowest BCUT2D eigenvalue weighted by molar-refractivity contribution is 0.140. The second kappa shape index (κ2) is 5.34. The van der Waals surface area contributed by atoms with Crippen LogP contribution in [0.5, 0.6) is 5.75 Å². The number of rotatable bonds is 4. The molecule has 0 unspecified atom stereocenters. The van der Waals surface area contributed by atoms with Crippen LogP contribution in [-0.4, -0.2) is 13.7 Å². The number of hydrogen-bond donors (Lipinski definition) is 1. The normalized spacial score (nSPS) is 10.3. The predicted octanol–water partition coefficient (Wildman–Crippen LogP) is 2.20. The van der Waals surface area contributed by atoms with Crippen molar-refractivity contribution in [2.75, 3.05) is 13.7 Å². The van der Waals surface area contributed by atoms with Crippen LogP contribution in [0.3, 0.4) is 0 Å². The van der Waals surface area contributed by atoms with Crippen LogP contribution < -0.4 is 10.6 Å². The first-order valence-corrected chi connectivity index (χ1v) is 5.13. The fraction of sp³-hybridized carbons (Fsp3) is 0.400. The Bertz CT molecular complexity index is 315. The summed E-state index contributed by atoms with van der Waals surface area (Å²) in [5.41, 5.74) is 2.31. The molecule has 0 aliphatic carbocycles. The fourth-order valence-corrected chi connectivity index (χ4v) is 1.92. The maximum absolute atomic E-state index is 5.31. The number of methoxy groups -OCH3 is 1. The van der Waals surface area contributed by atoms with Crippen LogP contribution in [0.15, 0.2) is 16.6 Å². The van der Waals surface area contributed by atoms with E-state index in [0.717, 1.165) is 22.2 Å². The van der Waals surface area contributed by atoms with Crippen LogP contribution in [0.25, 0.3) is 0 Å². The van der Waals surface area contributed by atoms with Crippen molar-refractivity contribution in [3.63, 3.8) is 0 Å². The van der Waals surface area contributed by atoms with Crippen molar-refractivity contribution >= 4 is 15.9 Å². The lowest BCUT2D eigenvalue weighted by atomic mass is 10.1. The van der Waals surface area contributed by atoms with Gasteiger partial charge in [-0.3, -0.25) is 0 Å². The molecule has 1 aromatic carbocycles. The van der Waals surface area contributed by atoms with Crippen molar-refractivity contribution in [2.24, 2.45) is 5.90 Å². The average molecular weight is 260 g/mol. The van der Waals surface area contributed by atoms with Gasteiger partial charge >= 0.3 is 0 Å². The maximum atomic E-state index is 5.31. The monoisotopic (exact) mass is 259 g/mol. The van der Waals surface area contributed by atoms with Crippen molar-refractivity contribution in [1.82, 2.24) is 0 Å². The lowest BCUT2D eigenvalue weighted by Crippen LogP contribution is -2.06. The number of nitrogens with two attached hydrogens (primary N) is 1. The van der Waals surface area contributed by atoms with Gasteiger partial charge in [0.1, 0.15) is 5.75 Å². The van der Waals surface area contributed by atoms with E-state index in [0.29, 0.717) is 6.61 Å². The Morgan fingerprint density at radius 2 is 2.14 bits per heavy atom. The molecule has 0 radical (unpaired) electrons. The summed E-state index contributed by atoms with van der Waals surface area (Å²) in [5.74, 6) is 5.87. The van der Waals surface area contributed by atoms with Gasteiger partial charge in [-0.25, -0.2) is 5.90 Å². The van der Waals surface area contributed by atoms with Gasteiger partial charge in [-0.1, -0.05) is 6.07 Å². The summed E-state index contributed by atoms with van der Waals surface area (Å²) >= 11 is 3.44. The Labute approximate surface area is 92.3 Å². The third kappa shape index (κ3) is 2.47. The van der Waals surface area contributed by atoms with E-state index in [1.807, 2.05) is 19.1 Å². The molecule has 0 atom stereocenters. The molecule has 0 spiro atoms.